The zero-order valence-corrected chi connectivity index (χ0v) is 27.0. The number of carboxylic acid groups (broad SMARTS) is 1. The molecule has 1 amide bonds. The first-order valence-corrected chi connectivity index (χ1v) is 16.6. The van der Waals surface area contributed by atoms with Crippen LogP contribution in [0.4, 0.5) is 35.4 Å². The number of aryl methyl sites for hydroxylation is 1. The van der Waals surface area contributed by atoms with Gasteiger partial charge in [0.1, 0.15) is 11.4 Å². The summed E-state index contributed by atoms with van der Waals surface area (Å²) in [5.41, 5.74) is -0.886. The molecule has 246 valence electrons. The van der Waals surface area contributed by atoms with Crippen LogP contribution < -0.4 is 10.2 Å². The quantitative estimate of drug-likeness (QED) is 0.395. The number of rotatable bonds is 5. The Kier molecular flexibility index (Phi) is 8.15. The van der Waals surface area contributed by atoms with E-state index in [0.717, 1.165) is 0 Å². The summed E-state index contributed by atoms with van der Waals surface area (Å²) in [6, 6.07) is 4.61. The van der Waals surface area contributed by atoms with Crippen LogP contribution in [0.15, 0.2) is 29.3 Å². The zero-order valence-electron chi connectivity index (χ0n) is 26.2. The van der Waals surface area contributed by atoms with Crippen LogP contribution in [0.2, 0.25) is 0 Å². The van der Waals surface area contributed by atoms with Crippen LogP contribution in [0, 0.1) is 23.7 Å². The largest absolute Gasteiger partial charge is 0.465 e. The van der Waals surface area contributed by atoms with Crippen molar-refractivity contribution in [2.24, 2.45) is 16.7 Å². The van der Waals surface area contributed by atoms with Gasteiger partial charge in [0, 0.05) is 37.9 Å². The molecule has 1 atom stereocenters. The summed E-state index contributed by atoms with van der Waals surface area (Å²) in [7, 11) is -3.85. The Hall–Kier alpha value is -3.42. The van der Waals surface area contributed by atoms with Gasteiger partial charge in [0.25, 0.3) is 0 Å². The number of carbonyl (C=O) groups is 2. The first-order chi connectivity index (χ1) is 20.8. The zero-order chi connectivity index (χ0) is 33.2. The van der Waals surface area contributed by atoms with Crippen molar-refractivity contribution >= 4 is 39.2 Å². The van der Waals surface area contributed by atoms with E-state index in [0.29, 0.717) is 62.6 Å². The maximum Gasteiger partial charge on any atom is 0.421 e. The van der Waals surface area contributed by atoms with Gasteiger partial charge < -0.3 is 20.2 Å². The van der Waals surface area contributed by atoms with Crippen LogP contribution in [0.25, 0.3) is 0 Å². The summed E-state index contributed by atoms with van der Waals surface area (Å²) in [5, 5.41) is 12.3. The fraction of sp³-hybridized carbons (Fsp3) is 0.613. The maximum absolute atomic E-state index is 14.3. The molecule has 2 N–H and O–H groups in total. The van der Waals surface area contributed by atoms with Crippen LogP contribution >= 0.6 is 0 Å². The van der Waals surface area contributed by atoms with Gasteiger partial charge in [0.15, 0.2) is 15.6 Å². The average molecular weight is 652 g/mol. The molecule has 1 aliphatic carbocycles. The van der Waals surface area contributed by atoms with E-state index in [9.17, 15) is 36.3 Å². The Labute approximate surface area is 261 Å². The molecule has 1 spiro atoms. The van der Waals surface area contributed by atoms with Crippen molar-refractivity contribution in [3.05, 3.63) is 35.5 Å². The fourth-order valence-electron chi connectivity index (χ4n) is 7.31. The summed E-state index contributed by atoms with van der Waals surface area (Å²) >= 11 is 0. The van der Waals surface area contributed by atoms with Crippen molar-refractivity contribution in [2.45, 2.75) is 82.5 Å². The number of alkyl halides is 3. The van der Waals surface area contributed by atoms with Crippen molar-refractivity contribution in [1.82, 2.24) is 14.9 Å². The third-order valence-corrected chi connectivity index (χ3v) is 12.7. The molecule has 14 heteroatoms. The molecule has 1 aromatic heterocycles. The van der Waals surface area contributed by atoms with Crippen molar-refractivity contribution < 1.29 is 36.3 Å². The number of aromatic nitrogens is 2. The second-order valence-corrected chi connectivity index (χ2v) is 16.4. The number of hydrogen-bond donors (Lipinski definition) is 2. The topological polar surface area (TPSA) is 133 Å². The number of halogens is 3. The maximum atomic E-state index is 14.3. The number of piperidine rings is 2. The van der Waals surface area contributed by atoms with E-state index >= 15 is 0 Å². The number of carbonyl (C=O) groups excluding carboxylic acids is 1. The SMILES string of the molecule is Cc1cc(S(=O)(=O)C2(C(C)(C)C)CC3(CCN(C(=O)O)CC3)C2)ccc1Nc1ncc(C(F)(F)F)c(N2CC(=O)CC(C)C2)n1. The van der Waals surface area contributed by atoms with E-state index < -0.39 is 37.8 Å². The van der Waals surface area contributed by atoms with Crippen LogP contribution in [0.3, 0.4) is 0 Å². The van der Waals surface area contributed by atoms with Gasteiger partial charge in [-0.05, 0) is 73.1 Å². The number of amides is 1. The van der Waals surface area contributed by atoms with Crippen LogP contribution in [-0.2, 0) is 20.8 Å². The van der Waals surface area contributed by atoms with Gasteiger partial charge in [0.2, 0.25) is 5.95 Å². The van der Waals surface area contributed by atoms with Gasteiger partial charge in [-0.3, -0.25) is 4.79 Å². The van der Waals surface area contributed by atoms with Crippen LogP contribution in [0.1, 0.15) is 70.9 Å². The number of nitrogens with one attached hydrogen (secondary N) is 1. The predicted molar refractivity (Wildman–Crippen MR) is 162 cm³/mol. The van der Waals surface area contributed by atoms with Gasteiger partial charge in [-0.2, -0.15) is 18.2 Å². The molecule has 1 aromatic carbocycles. The van der Waals surface area contributed by atoms with Gasteiger partial charge >= 0.3 is 12.3 Å². The summed E-state index contributed by atoms with van der Waals surface area (Å²) < 4.78 is 69.2. The minimum absolute atomic E-state index is 0.109. The highest BCUT2D eigenvalue weighted by molar-refractivity contribution is 7.93. The Bertz CT molecular complexity index is 1610. The number of likely N-dealkylation sites (tertiary alicyclic amines) is 1. The molecule has 2 aromatic rings. The van der Waals surface area contributed by atoms with Gasteiger partial charge in [0.05, 0.1) is 16.2 Å². The van der Waals surface area contributed by atoms with Crippen LogP contribution in [-0.4, -0.2) is 71.2 Å². The van der Waals surface area contributed by atoms with Crippen molar-refractivity contribution in [1.29, 1.82) is 0 Å². The summed E-state index contributed by atoms with van der Waals surface area (Å²) in [6.45, 7) is 10.1. The molecule has 1 unspecified atom stereocenters. The van der Waals surface area contributed by atoms with E-state index in [1.54, 1.807) is 26.0 Å². The van der Waals surface area contributed by atoms with E-state index in [4.69, 9.17) is 0 Å². The molecule has 10 nitrogen and oxygen atoms in total. The summed E-state index contributed by atoms with van der Waals surface area (Å²) in [5.74, 6) is -0.784. The lowest BCUT2D eigenvalue weighted by atomic mass is 9.51. The number of nitrogens with zero attached hydrogens (tertiary/aromatic N) is 4. The molecule has 2 saturated heterocycles. The van der Waals surface area contributed by atoms with E-state index in [-0.39, 0.29) is 46.9 Å². The van der Waals surface area contributed by atoms with Gasteiger partial charge in [-0.25, -0.2) is 18.2 Å². The lowest BCUT2D eigenvalue weighted by molar-refractivity contribution is -0.137. The number of ketones is 1. The lowest BCUT2D eigenvalue weighted by Crippen LogP contribution is -2.65. The van der Waals surface area contributed by atoms with Crippen molar-refractivity contribution in [2.75, 3.05) is 36.4 Å². The molecule has 1 saturated carbocycles. The summed E-state index contributed by atoms with van der Waals surface area (Å²) in [6.07, 6.45) is -2.57. The molecular formula is C31H40F3N5O5S. The highest BCUT2D eigenvalue weighted by atomic mass is 32.2. The monoisotopic (exact) mass is 651 g/mol. The highest BCUT2D eigenvalue weighted by Crippen LogP contribution is 2.65. The van der Waals surface area contributed by atoms with Gasteiger partial charge in [-0.15, -0.1) is 0 Å². The van der Waals surface area contributed by atoms with Gasteiger partial charge in [-0.1, -0.05) is 27.7 Å². The van der Waals surface area contributed by atoms with Crippen molar-refractivity contribution in [3.8, 4) is 0 Å². The first kappa shape index (κ1) is 33.0. The predicted octanol–water partition coefficient (Wildman–Crippen LogP) is 6.08. The average Bonchev–Trinajstić information content (AvgIpc) is 2.90. The minimum atomic E-state index is -4.72. The standard InChI is InChI=1S/C31H40F3N5O5S/c1-19-12-21(40)16-39(15-19)25-23(31(32,33)34)14-35-26(37-25)36-24-7-6-22(13-20(24)2)45(43,44)30(28(3,4)5)17-29(18-30)8-10-38(11-9-29)27(41)42/h6-7,13-14,19H,8-12,15-18H2,1-5H3,(H,41,42)(H,35,36,37). The normalized spacial score (nSPS) is 21.9. The Morgan fingerprint density at radius 1 is 1.13 bits per heavy atom. The lowest BCUT2D eigenvalue weighted by Gasteiger charge is -2.62. The van der Waals surface area contributed by atoms with E-state index in [2.05, 4.69) is 15.3 Å². The molecule has 3 fully saturated rings. The van der Waals surface area contributed by atoms with E-state index in [1.165, 1.54) is 15.9 Å². The molecule has 45 heavy (non-hydrogen) atoms. The number of benzene rings is 1. The second kappa shape index (κ2) is 11.1. The molecule has 0 bridgehead atoms. The fourth-order valence-corrected chi connectivity index (χ4v) is 10.1. The van der Waals surface area contributed by atoms with Crippen LogP contribution in [0.5, 0.6) is 0 Å². The molecule has 3 aliphatic rings. The highest BCUT2D eigenvalue weighted by Gasteiger charge is 2.66. The molecule has 5 rings (SSSR count). The van der Waals surface area contributed by atoms with Crippen molar-refractivity contribution in [3.63, 3.8) is 0 Å². The Morgan fingerprint density at radius 2 is 1.78 bits per heavy atom. The smallest absolute Gasteiger partial charge is 0.421 e. The number of Topliss-reactive ketones (excluding diaryl/α,β-unsaturated/α-hetero) is 1. The Balaban J connectivity index is 1.41. The minimum Gasteiger partial charge on any atom is -0.465 e. The molecule has 0 radical (unpaired) electrons. The number of sulfone groups is 1. The molecule has 2 aliphatic heterocycles. The second-order valence-electron chi connectivity index (χ2n) is 14.1. The number of hydrogen-bond acceptors (Lipinski definition) is 8. The molecular weight excluding hydrogens is 611 g/mol. The third-order valence-electron chi connectivity index (χ3n) is 9.90. The van der Waals surface area contributed by atoms with E-state index in [1.807, 2.05) is 20.8 Å². The third kappa shape index (κ3) is 5.97. The molecule has 3 heterocycles. The summed E-state index contributed by atoms with van der Waals surface area (Å²) in [4.78, 5) is 34.5. The number of anilines is 3. The Morgan fingerprint density at radius 3 is 2.31 bits per heavy atom. The first-order valence-electron chi connectivity index (χ1n) is 15.1.